The van der Waals surface area contributed by atoms with E-state index < -0.39 is 11.9 Å². The lowest BCUT2D eigenvalue weighted by Crippen LogP contribution is -2.21. The average molecular weight is 259 g/mol. The minimum atomic E-state index is -0.824. The van der Waals surface area contributed by atoms with Crippen molar-refractivity contribution in [2.45, 2.75) is 37.9 Å². The normalized spacial score (nSPS) is 22.4. The summed E-state index contributed by atoms with van der Waals surface area (Å²) in [6.45, 7) is 0.737. The molecule has 1 heterocycles. The molecular formula is C13H16ClFO2. The summed E-state index contributed by atoms with van der Waals surface area (Å²) in [5.41, 5.74) is 0.295. The Labute approximate surface area is 105 Å². The van der Waals surface area contributed by atoms with Crippen molar-refractivity contribution in [1.82, 2.24) is 0 Å². The van der Waals surface area contributed by atoms with Crippen molar-refractivity contribution >= 4 is 11.6 Å². The summed E-state index contributed by atoms with van der Waals surface area (Å²) in [4.78, 5) is 0. The van der Waals surface area contributed by atoms with Gasteiger partial charge in [-0.1, -0.05) is 17.7 Å². The molecule has 1 aromatic carbocycles. The van der Waals surface area contributed by atoms with Crippen LogP contribution in [0, 0.1) is 5.82 Å². The number of ether oxygens (including phenoxy) is 1. The van der Waals surface area contributed by atoms with Gasteiger partial charge in [0.2, 0.25) is 0 Å². The highest BCUT2D eigenvalue weighted by Gasteiger charge is 2.21. The maximum atomic E-state index is 13.6. The largest absolute Gasteiger partial charge is 0.388 e. The van der Waals surface area contributed by atoms with Crippen LogP contribution in [0.25, 0.3) is 0 Å². The van der Waals surface area contributed by atoms with Gasteiger partial charge in [-0.25, -0.2) is 4.39 Å². The number of rotatable bonds is 3. The molecule has 2 unspecified atom stereocenters. The summed E-state index contributed by atoms with van der Waals surface area (Å²) < 4.78 is 19.1. The SMILES string of the molecule is OC(CC1CCCCO1)c1ccc(Cl)cc1F. The molecule has 0 spiro atoms. The van der Waals surface area contributed by atoms with Crippen molar-refractivity contribution in [2.75, 3.05) is 6.61 Å². The summed E-state index contributed by atoms with van der Waals surface area (Å²) in [5.74, 6) is -0.458. The maximum absolute atomic E-state index is 13.6. The third kappa shape index (κ3) is 3.41. The fourth-order valence-corrected chi connectivity index (χ4v) is 2.30. The van der Waals surface area contributed by atoms with Crippen molar-refractivity contribution in [3.8, 4) is 0 Å². The Kier molecular flexibility index (Phi) is 4.37. The predicted octanol–water partition coefficient (Wildman–Crippen LogP) is 3.47. The number of halogens is 2. The van der Waals surface area contributed by atoms with Gasteiger partial charge in [0, 0.05) is 23.6 Å². The van der Waals surface area contributed by atoms with Crippen LogP contribution in [0.5, 0.6) is 0 Å². The molecule has 17 heavy (non-hydrogen) atoms. The second-order valence-corrected chi connectivity index (χ2v) is 4.84. The molecule has 1 aliphatic rings. The summed E-state index contributed by atoms with van der Waals surface area (Å²) in [6, 6.07) is 4.35. The fourth-order valence-electron chi connectivity index (χ4n) is 2.14. The molecule has 94 valence electrons. The van der Waals surface area contributed by atoms with Gasteiger partial charge in [-0.2, -0.15) is 0 Å². The van der Waals surface area contributed by atoms with Crippen molar-refractivity contribution < 1.29 is 14.2 Å². The second kappa shape index (κ2) is 5.80. The zero-order chi connectivity index (χ0) is 12.3. The lowest BCUT2D eigenvalue weighted by atomic mass is 9.98. The van der Waals surface area contributed by atoms with E-state index in [1.807, 2.05) is 0 Å². The summed E-state index contributed by atoms with van der Waals surface area (Å²) >= 11 is 5.67. The maximum Gasteiger partial charge on any atom is 0.130 e. The highest BCUT2D eigenvalue weighted by Crippen LogP contribution is 2.27. The molecule has 1 aromatic rings. The van der Waals surface area contributed by atoms with Crippen LogP contribution in [0.2, 0.25) is 5.02 Å². The number of aliphatic hydroxyl groups excluding tert-OH is 1. The van der Waals surface area contributed by atoms with Crippen LogP contribution in [0.1, 0.15) is 37.4 Å². The van der Waals surface area contributed by atoms with Crippen molar-refractivity contribution in [2.24, 2.45) is 0 Å². The lowest BCUT2D eigenvalue weighted by Gasteiger charge is -2.25. The molecule has 0 amide bonds. The molecule has 0 saturated carbocycles. The van der Waals surface area contributed by atoms with E-state index in [0.29, 0.717) is 17.0 Å². The Bertz CT molecular complexity index is 378. The number of benzene rings is 1. The Hall–Kier alpha value is -0.640. The molecule has 1 N–H and O–H groups in total. The van der Waals surface area contributed by atoms with E-state index in [4.69, 9.17) is 16.3 Å². The molecule has 1 fully saturated rings. The first-order valence-electron chi connectivity index (χ1n) is 5.91. The molecule has 2 nitrogen and oxygen atoms in total. The van der Waals surface area contributed by atoms with E-state index in [1.165, 1.54) is 12.1 Å². The summed E-state index contributed by atoms with van der Waals surface area (Å²) in [7, 11) is 0. The Balaban J connectivity index is 2.00. The molecule has 4 heteroatoms. The van der Waals surface area contributed by atoms with Gasteiger partial charge in [0.05, 0.1) is 12.2 Å². The van der Waals surface area contributed by atoms with Gasteiger partial charge in [-0.15, -0.1) is 0 Å². The van der Waals surface area contributed by atoms with E-state index in [-0.39, 0.29) is 6.10 Å². The molecule has 0 bridgehead atoms. The standard InChI is InChI=1S/C13H16ClFO2/c14-9-4-5-11(12(15)7-9)13(16)8-10-3-1-2-6-17-10/h4-5,7,10,13,16H,1-3,6,8H2. The average Bonchev–Trinajstić information content (AvgIpc) is 2.30. The first-order chi connectivity index (χ1) is 8.16. The van der Waals surface area contributed by atoms with Crippen LogP contribution in [-0.2, 0) is 4.74 Å². The van der Waals surface area contributed by atoms with E-state index in [1.54, 1.807) is 6.07 Å². The molecule has 0 aromatic heterocycles. The molecule has 1 aliphatic heterocycles. The fraction of sp³-hybridized carbons (Fsp3) is 0.538. The van der Waals surface area contributed by atoms with Crippen LogP contribution in [0.15, 0.2) is 18.2 Å². The first kappa shape index (κ1) is 12.8. The molecular weight excluding hydrogens is 243 g/mol. The highest BCUT2D eigenvalue weighted by molar-refractivity contribution is 6.30. The van der Waals surface area contributed by atoms with Crippen molar-refractivity contribution in [3.63, 3.8) is 0 Å². The minimum absolute atomic E-state index is 0.0360. The summed E-state index contributed by atoms with van der Waals surface area (Å²) in [5, 5.41) is 10.3. The molecule has 2 atom stereocenters. The van der Waals surface area contributed by atoms with Crippen molar-refractivity contribution in [3.05, 3.63) is 34.6 Å². The van der Waals surface area contributed by atoms with Crippen LogP contribution in [0.3, 0.4) is 0 Å². The van der Waals surface area contributed by atoms with Gasteiger partial charge in [0.1, 0.15) is 5.82 Å². The van der Waals surface area contributed by atoms with Gasteiger partial charge in [0.15, 0.2) is 0 Å². The van der Waals surface area contributed by atoms with E-state index in [9.17, 15) is 9.50 Å². The predicted molar refractivity (Wildman–Crippen MR) is 64.6 cm³/mol. The Morgan fingerprint density at radius 1 is 1.47 bits per heavy atom. The zero-order valence-electron chi connectivity index (χ0n) is 9.53. The van der Waals surface area contributed by atoms with Crippen LogP contribution in [0.4, 0.5) is 4.39 Å². The molecule has 1 saturated heterocycles. The van der Waals surface area contributed by atoms with Gasteiger partial charge in [-0.3, -0.25) is 0 Å². The quantitative estimate of drug-likeness (QED) is 0.900. The van der Waals surface area contributed by atoms with Gasteiger partial charge in [-0.05, 0) is 31.4 Å². The second-order valence-electron chi connectivity index (χ2n) is 4.41. The van der Waals surface area contributed by atoms with Gasteiger partial charge >= 0.3 is 0 Å². The molecule has 0 radical (unpaired) electrons. The minimum Gasteiger partial charge on any atom is -0.388 e. The zero-order valence-corrected chi connectivity index (χ0v) is 10.3. The Morgan fingerprint density at radius 3 is 2.94 bits per heavy atom. The van der Waals surface area contributed by atoms with Crippen LogP contribution < -0.4 is 0 Å². The van der Waals surface area contributed by atoms with Gasteiger partial charge < -0.3 is 9.84 Å². The Morgan fingerprint density at radius 2 is 2.29 bits per heavy atom. The monoisotopic (exact) mass is 258 g/mol. The van der Waals surface area contributed by atoms with Crippen LogP contribution >= 0.6 is 11.6 Å². The van der Waals surface area contributed by atoms with E-state index in [0.717, 1.165) is 25.9 Å². The highest BCUT2D eigenvalue weighted by atomic mass is 35.5. The lowest BCUT2D eigenvalue weighted by molar-refractivity contribution is -0.0161. The smallest absolute Gasteiger partial charge is 0.130 e. The topological polar surface area (TPSA) is 29.5 Å². The molecule has 2 rings (SSSR count). The number of hydrogen-bond donors (Lipinski definition) is 1. The number of hydrogen-bond acceptors (Lipinski definition) is 2. The third-order valence-corrected chi connectivity index (χ3v) is 3.32. The van der Waals surface area contributed by atoms with Crippen molar-refractivity contribution in [1.29, 1.82) is 0 Å². The van der Waals surface area contributed by atoms with Crippen LogP contribution in [-0.4, -0.2) is 17.8 Å². The van der Waals surface area contributed by atoms with Gasteiger partial charge in [0.25, 0.3) is 0 Å². The first-order valence-corrected chi connectivity index (χ1v) is 6.29. The van der Waals surface area contributed by atoms with E-state index in [2.05, 4.69) is 0 Å². The van der Waals surface area contributed by atoms with E-state index >= 15 is 0 Å². The third-order valence-electron chi connectivity index (χ3n) is 3.08. The molecule has 0 aliphatic carbocycles. The summed E-state index contributed by atoms with van der Waals surface area (Å²) in [6.07, 6.45) is 2.77. The number of aliphatic hydroxyl groups is 1.